The fourth-order valence-corrected chi connectivity index (χ4v) is 2.56. The first kappa shape index (κ1) is 19.8. The highest BCUT2D eigenvalue weighted by molar-refractivity contribution is 6.32. The average molecular weight is 411 g/mol. The number of anilines is 3. The molecule has 0 spiro atoms. The Morgan fingerprint density at radius 2 is 2.11 bits per heavy atom. The van der Waals surface area contributed by atoms with Crippen LogP contribution in [-0.4, -0.2) is 38.6 Å². The number of nitrogens with one attached hydrogen (secondary N) is 2. The van der Waals surface area contributed by atoms with E-state index in [0.717, 1.165) is 6.07 Å². The predicted octanol–water partition coefficient (Wildman–Crippen LogP) is 2.96. The van der Waals surface area contributed by atoms with E-state index in [9.17, 15) is 8.78 Å². The van der Waals surface area contributed by atoms with Gasteiger partial charge in [0, 0.05) is 18.3 Å². The lowest BCUT2D eigenvalue weighted by molar-refractivity contribution is 0.269. The molecule has 0 radical (unpaired) electrons. The smallest absolute Gasteiger partial charge is 0.229 e. The number of aliphatic hydroxyl groups excluding tert-OH is 1. The molecule has 0 aliphatic carbocycles. The number of aliphatic hydroxyl groups is 1. The normalized spacial score (nSPS) is 10.8. The van der Waals surface area contributed by atoms with Crippen molar-refractivity contribution in [3.05, 3.63) is 52.9 Å². The minimum Gasteiger partial charge on any atom is -0.494 e. The van der Waals surface area contributed by atoms with E-state index in [4.69, 9.17) is 21.4 Å². The van der Waals surface area contributed by atoms with Gasteiger partial charge in [-0.1, -0.05) is 11.6 Å². The second-order valence-electron chi connectivity index (χ2n) is 5.63. The molecule has 0 aliphatic heterocycles. The van der Waals surface area contributed by atoms with Crippen molar-refractivity contribution in [2.75, 3.05) is 24.4 Å². The van der Waals surface area contributed by atoms with Gasteiger partial charge in [0.1, 0.15) is 10.8 Å². The molecule has 0 saturated heterocycles. The molecular formula is C17H17ClF2N6O2. The number of aromatic nitrogens is 4. The molecule has 2 heterocycles. The lowest BCUT2D eigenvalue weighted by Gasteiger charge is -2.12. The predicted molar refractivity (Wildman–Crippen MR) is 99.9 cm³/mol. The third-order valence-electron chi connectivity index (χ3n) is 3.77. The lowest BCUT2D eigenvalue weighted by atomic mass is 10.2. The van der Waals surface area contributed by atoms with Gasteiger partial charge in [0.25, 0.3) is 0 Å². The topological polar surface area (TPSA) is 97.1 Å². The summed E-state index contributed by atoms with van der Waals surface area (Å²) in [4.78, 5) is 8.27. The van der Waals surface area contributed by atoms with Crippen LogP contribution in [0.25, 0.3) is 0 Å². The van der Waals surface area contributed by atoms with Gasteiger partial charge in [-0.05, 0) is 12.1 Å². The van der Waals surface area contributed by atoms with Crippen LogP contribution in [0.2, 0.25) is 5.02 Å². The van der Waals surface area contributed by atoms with E-state index in [2.05, 4.69) is 25.7 Å². The Bertz CT molecular complexity index is 969. The van der Waals surface area contributed by atoms with Crippen molar-refractivity contribution in [3.8, 4) is 5.75 Å². The largest absolute Gasteiger partial charge is 0.494 e. The van der Waals surface area contributed by atoms with Gasteiger partial charge < -0.3 is 20.5 Å². The molecule has 3 N–H and O–H groups in total. The van der Waals surface area contributed by atoms with E-state index in [1.165, 1.54) is 19.4 Å². The summed E-state index contributed by atoms with van der Waals surface area (Å²) in [5.41, 5.74) is 0.403. The molecule has 0 amide bonds. The maximum absolute atomic E-state index is 14.3. The molecule has 0 aliphatic rings. The number of halogens is 3. The summed E-state index contributed by atoms with van der Waals surface area (Å²) in [6.07, 6.45) is 4.57. The average Bonchev–Trinajstić information content (AvgIpc) is 3.11. The third kappa shape index (κ3) is 4.46. The Kier molecular flexibility index (Phi) is 6.22. The van der Waals surface area contributed by atoms with Crippen LogP contribution in [0.5, 0.6) is 5.75 Å². The second-order valence-corrected chi connectivity index (χ2v) is 6.03. The van der Waals surface area contributed by atoms with Crippen LogP contribution in [0.3, 0.4) is 0 Å². The van der Waals surface area contributed by atoms with Crippen LogP contribution in [0, 0.1) is 11.6 Å². The minimum absolute atomic E-state index is 0.0377. The van der Waals surface area contributed by atoms with Gasteiger partial charge in [-0.2, -0.15) is 10.1 Å². The first-order valence-corrected chi connectivity index (χ1v) is 8.57. The molecule has 28 heavy (non-hydrogen) atoms. The monoisotopic (exact) mass is 410 g/mol. The summed E-state index contributed by atoms with van der Waals surface area (Å²) < 4.78 is 34.6. The lowest BCUT2D eigenvalue weighted by Crippen LogP contribution is -2.09. The standard InChI is InChI=1S/C17H17ClF2N6O2/c1-28-14-3-2-13(19)11(15(14)20)7-21-16-12(18)8-22-17(25-16)24-10-6-23-26(9-10)4-5-27/h2-3,6,8-9,27H,4-5,7H2,1H3,(H2,21,22,24,25). The van der Waals surface area contributed by atoms with Crippen LogP contribution in [0.15, 0.2) is 30.7 Å². The van der Waals surface area contributed by atoms with Gasteiger partial charge >= 0.3 is 0 Å². The Hall–Kier alpha value is -2.98. The van der Waals surface area contributed by atoms with Gasteiger partial charge in [0.15, 0.2) is 17.4 Å². The summed E-state index contributed by atoms with van der Waals surface area (Å²) >= 11 is 6.08. The summed E-state index contributed by atoms with van der Waals surface area (Å²) in [7, 11) is 1.30. The van der Waals surface area contributed by atoms with Gasteiger partial charge in [-0.25, -0.2) is 13.8 Å². The Labute approximate surface area is 164 Å². The van der Waals surface area contributed by atoms with E-state index in [1.54, 1.807) is 17.1 Å². The van der Waals surface area contributed by atoms with Crippen molar-refractivity contribution < 1.29 is 18.6 Å². The van der Waals surface area contributed by atoms with Crippen LogP contribution in [-0.2, 0) is 13.1 Å². The van der Waals surface area contributed by atoms with Gasteiger partial charge in [-0.15, -0.1) is 0 Å². The molecule has 3 aromatic rings. The molecule has 2 aromatic heterocycles. The number of nitrogens with zero attached hydrogens (tertiary/aromatic N) is 4. The molecule has 0 fully saturated rings. The highest BCUT2D eigenvalue weighted by Gasteiger charge is 2.15. The molecule has 148 valence electrons. The first-order valence-electron chi connectivity index (χ1n) is 8.19. The highest BCUT2D eigenvalue weighted by atomic mass is 35.5. The van der Waals surface area contributed by atoms with Crippen LogP contribution < -0.4 is 15.4 Å². The summed E-state index contributed by atoms with van der Waals surface area (Å²) in [6, 6.07) is 2.34. The number of hydrogen-bond donors (Lipinski definition) is 3. The zero-order valence-electron chi connectivity index (χ0n) is 14.8. The summed E-state index contributed by atoms with van der Waals surface area (Å²) in [6.45, 7) is 0.122. The minimum atomic E-state index is -0.796. The van der Waals surface area contributed by atoms with E-state index < -0.39 is 11.6 Å². The fraction of sp³-hybridized carbons (Fsp3) is 0.235. The number of hydrogen-bond acceptors (Lipinski definition) is 7. The van der Waals surface area contributed by atoms with E-state index in [0.29, 0.717) is 12.2 Å². The van der Waals surface area contributed by atoms with Gasteiger partial charge in [0.2, 0.25) is 5.95 Å². The Morgan fingerprint density at radius 1 is 1.29 bits per heavy atom. The van der Waals surface area contributed by atoms with E-state index in [1.807, 2.05) is 0 Å². The van der Waals surface area contributed by atoms with Crippen LogP contribution >= 0.6 is 11.6 Å². The molecule has 11 heteroatoms. The van der Waals surface area contributed by atoms with E-state index >= 15 is 0 Å². The van der Waals surface area contributed by atoms with Crippen molar-refractivity contribution in [2.45, 2.75) is 13.1 Å². The maximum atomic E-state index is 14.3. The number of ether oxygens (including phenoxy) is 1. The quantitative estimate of drug-likeness (QED) is 0.525. The van der Waals surface area contributed by atoms with Crippen molar-refractivity contribution >= 4 is 29.1 Å². The van der Waals surface area contributed by atoms with Crippen LogP contribution in [0.1, 0.15) is 5.56 Å². The maximum Gasteiger partial charge on any atom is 0.229 e. The summed E-state index contributed by atoms with van der Waals surface area (Å²) in [5.74, 6) is -1.17. The molecule has 0 bridgehead atoms. The molecule has 3 rings (SSSR count). The fourth-order valence-electron chi connectivity index (χ4n) is 2.40. The van der Waals surface area contributed by atoms with Crippen LogP contribution in [0.4, 0.5) is 26.2 Å². The first-order chi connectivity index (χ1) is 13.5. The molecule has 0 unspecified atom stereocenters. The molecular weight excluding hydrogens is 394 g/mol. The number of rotatable bonds is 8. The van der Waals surface area contributed by atoms with Crippen molar-refractivity contribution in [1.29, 1.82) is 0 Å². The zero-order chi connectivity index (χ0) is 20.1. The van der Waals surface area contributed by atoms with Crippen molar-refractivity contribution in [3.63, 3.8) is 0 Å². The zero-order valence-corrected chi connectivity index (χ0v) is 15.5. The molecule has 8 nitrogen and oxygen atoms in total. The number of methoxy groups -OCH3 is 1. The second kappa shape index (κ2) is 8.81. The number of benzene rings is 1. The van der Waals surface area contributed by atoms with E-state index in [-0.39, 0.29) is 41.3 Å². The molecule has 0 saturated carbocycles. The Balaban J connectivity index is 1.75. The van der Waals surface area contributed by atoms with Crippen molar-refractivity contribution in [1.82, 2.24) is 19.7 Å². The molecule has 0 atom stereocenters. The SMILES string of the molecule is COc1ccc(F)c(CNc2nc(Nc3cnn(CCO)c3)ncc2Cl)c1F. The highest BCUT2D eigenvalue weighted by Crippen LogP contribution is 2.26. The Morgan fingerprint density at radius 3 is 2.86 bits per heavy atom. The van der Waals surface area contributed by atoms with Gasteiger partial charge in [-0.3, -0.25) is 4.68 Å². The third-order valence-corrected chi connectivity index (χ3v) is 4.04. The molecule has 1 aromatic carbocycles. The summed E-state index contributed by atoms with van der Waals surface area (Å²) in [5, 5.41) is 18.9. The van der Waals surface area contributed by atoms with Gasteiger partial charge in [0.05, 0.1) is 38.3 Å². The van der Waals surface area contributed by atoms with Crippen molar-refractivity contribution in [2.24, 2.45) is 0 Å².